The van der Waals surface area contributed by atoms with E-state index in [1.807, 2.05) is 32.0 Å². The number of hydrogen-bond acceptors (Lipinski definition) is 2. The maximum atomic E-state index is 12.4. The van der Waals surface area contributed by atoms with Gasteiger partial charge in [0.25, 0.3) is 0 Å². The smallest absolute Gasteiger partial charge is 0.208 e. The number of allylic oxidation sites excluding steroid dienone is 1. The summed E-state index contributed by atoms with van der Waals surface area (Å²) in [5.74, 6) is 0.0677. The van der Waals surface area contributed by atoms with E-state index in [0.717, 1.165) is 40.6 Å². The number of aromatic amines is 1. The molecule has 0 unspecified atom stereocenters. The number of aromatic nitrogens is 1. The number of Topliss-reactive ketones (excluding diaryl/α,β-unsaturated/α-hetero) is 1. The highest BCUT2D eigenvalue weighted by Gasteiger charge is 2.26. The van der Waals surface area contributed by atoms with Crippen molar-refractivity contribution >= 4 is 16.7 Å². The number of ketones is 1. The summed E-state index contributed by atoms with van der Waals surface area (Å²) < 4.78 is 5.44. The van der Waals surface area contributed by atoms with Crippen LogP contribution in [0.3, 0.4) is 0 Å². The first-order valence-electron chi connectivity index (χ1n) is 6.65. The van der Waals surface area contributed by atoms with Crippen molar-refractivity contribution in [2.24, 2.45) is 0 Å². The molecule has 0 fully saturated rings. The van der Waals surface area contributed by atoms with Gasteiger partial charge in [0.05, 0.1) is 18.1 Å². The molecule has 3 rings (SSSR count). The Bertz CT molecular complexity index is 664. The first kappa shape index (κ1) is 12.0. The lowest BCUT2D eigenvalue weighted by Crippen LogP contribution is -2.14. The Balaban J connectivity index is 2.02. The van der Waals surface area contributed by atoms with E-state index in [1.54, 1.807) is 6.26 Å². The van der Waals surface area contributed by atoms with Gasteiger partial charge in [0.2, 0.25) is 5.78 Å². The Morgan fingerprint density at radius 3 is 2.84 bits per heavy atom. The van der Waals surface area contributed by atoms with Crippen molar-refractivity contribution in [1.29, 1.82) is 0 Å². The van der Waals surface area contributed by atoms with Gasteiger partial charge in [-0.3, -0.25) is 4.79 Å². The molecule has 0 atom stereocenters. The van der Waals surface area contributed by atoms with E-state index in [1.165, 1.54) is 0 Å². The highest BCUT2D eigenvalue weighted by molar-refractivity contribution is 6.12. The molecule has 98 valence electrons. The molecule has 0 spiro atoms. The van der Waals surface area contributed by atoms with Crippen molar-refractivity contribution in [2.45, 2.75) is 32.8 Å². The number of benzene rings is 1. The minimum atomic E-state index is 0.0677. The van der Waals surface area contributed by atoms with E-state index in [-0.39, 0.29) is 11.9 Å². The molecule has 0 aliphatic heterocycles. The lowest BCUT2D eigenvalue weighted by atomic mass is 9.91. The summed E-state index contributed by atoms with van der Waals surface area (Å²) in [5, 5.41) is 1.16. The van der Waals surface area contributed by atoms with Gasteiger partial charge in [0.1, 0.15) is 0 Å². The average Bonchev–Trinajstić information content (AvgIpc) is 2.77. The summed E-state index contributed by atoms with van der Waals surface area (Å²) in [7, 11) is 0. The molecule has 0 saturated heterocycles. The van der Waals surface area contributed by atoms with E-state index >= 15 is 0 Å². The van der Waals surface area contributed by atoms with Crippen molar-refractivity contribution in [3.05, 3.63) is 47.4 Å². The zero-order valence-corrected chi connectivity index (χ0v) is 11.2. The van der Waals surface area contributed by atoms with Gasteiger partial charge in [-0.05, 0) is 38.3 Å². The van der Waals surface area contributed by atoms with Crippen LogP contribution in [0.4, 0.5) is 0 Å². The maximum absolute atomic E-state index is 12.4. The van der Waals surface area contributed by atoms with Gasteiger partial charge < -0.3 is 9.72 Å². The third-order valence-corrected chi connectivity index (χ3v) is 3.46. The molecule has 1 heterocycles. The predicted molar refractivity (Wildman–Crippen MR) is 75.3 cm³/mol. The number of fused-ring (bicyclic) bond motifs is 3. The molecule has 1 aliphatic rings. The molecule has 19 heavy (non-hydrogen) atoms. The quantitative estimate of drug-likeness (QED) is 0.658. The van der Waals surface area contributed by atoms with Crippen molar-refractivity contribution < 1.29 is 9.53 Å². The first-order valence-corrected chi connectivity index (χ1v) is 6.65. The van der Waals surface area contributed by atoms with Crippen LogP contribution in [-0.2, 0) is 11.2 Å². The third-order valence-electron chi connectivity index (χ3n) is 3.46. The minimum Gasteiger partial charge on any atom is -0.498 e. The van der Waals surface area contributed by atoms with Crippen molar-refractivity contribution in [3.8, 4) is 0 Å². The second kappa shape index (κ2) is 4.57. The monoisotopic (exact) mass is 255 g/mol. The molecular weight excluding hydrogens is 238 g/mol. The van der Waals surface area contributed by atoms with Crippen LogP contribution in [0, 0.1) is 0 Å². The summed E-state index contributed by atoms with van der Waals surface area (Å²) in [6.45, 7) is 3.91. The molecule has 1 aromatic heterocycles. The van der Waals surface area contributed by atoms with E-state index in [2.05, 4.69) is 11.1 Å². The maximum Gasteiger partial charge on any atom is 0.208 e. The van der Waals surface area contributed by atoms with Gasteiger partial charge in [-0.1, -0.05) is 18.2 Å². The largest absolute Gasteiger partial charge is 0.498 e. The second-order valence-corrected chi connectivity index (χ2v) is 5.18. The van der Waals surface area contributed by atoms with Crippen LogP contribution >= 0.6 is 0 Å². The van der Waals surface area contributed by atoms with E-state index < -0.39 is 0 Å². The van der Waals surface area contributed by atoms with Crippen LogP contribution in [0.25, 0.3) is 10.9 Å². The summed E-state index contributed by atoms with van der Waals surface area (Å²) in [6, 6.07) is 8.06. The van der Waals surface area contributed by atoms with Crippen LogP contribution < -0.4 is 0 Å². The van der Waals surface area contributed by atoms with Gasteiger partial charge in [0.15, 0.2) is 0 Å². The van der Waals surface area contributed by atoms with Gasteiger partial charge in [-0.15, -0.1) is 0 Å². The molecule has 3 heteroatoms. The molecule has 0 radical (unpaired) electrons. The fraction of sp³-hybridized carbons (Fsp3) is 0.312. The SMILES string of the molecule is CC(C)O/C=C1\CCc2c([nH]c3ccccc23)C1=O. The van der Waals surface area contributed by atoms with Crippen molar-refractivity contribution in [3.63, 3.8) is 0 Å². The fourth-order valence-electron chi connectivity index (χ4n) is 2.52. The highest BCUT2D eigenvalue weighted by atomic mass is 16.5. The first-order chi connectivity index (χ1) is 9.16. The highest BCUT2D eigenvalue weighted by Crippen LogP contribution is 2.31. The third kappa shape index (κ3) is 2.05. The Kier molecular flexibility index (Phi) is 2.90. The van der Waals surface area contributed by atoms with Crippen LogP contribution in [0.2, 0.25) is 0 Å². The topological polar surface area (TPSA) is 42.1 Å². The average molecular weight is 255 g/mol. The normalized spacial score (nSPS) is 17.2. The van der Waals surface area contributed by atoms with Gasteiger partial charge in [0, 0.05) is 16.5 Å². The second-order valence-electron chi connectivity index (χ2n) is 5.18. The van der Waals surface area contributed by atoms with E-state index in [0.29, 0.717) is 0 Å². The molecule has 1 aliphatic carbocycles. The van der Waals surface area contributed by atoms with Gasteiger partial charge in [-0.2, -0.15) is 0 Å². The summed E-state index contributed by atoms with van der Waals surface area (Å²) in [6.07, 6.45) is 3.37. The zero-order valence-electron chi connectivity index (χ0n) is 11.2. The number of aryl methyl sites for hydroxylation is 1. The number of hydrogen-bond donors (Lipinski definition) is 1. The number of H-pyrrole nitrogens is 1. The Morgan fingerprint density at radius 2 is 2.05 bits per heavy atom. The molecule has 3 nitrogen and oxygen atoms in total. The standard InChI is InChI=1S/C16H17NO2/c1-10(2)19-9-11-7-8-13-12-5-3-4-6-14(12)17-15(13)16(11)18/h3-6,9-10,17H,7-8H2,1-2H3/b11-9+. The Morgan fingerprint density at radius 1 is 1.26 bits per heavy atom. The van der Waals surface area contributed by atoms with Crippen LogP contribution in [0.1, 0.15) is 36.3 Å². The summed E-state index contributed by atoms with van der Waals surface area (Å²) in [5.41, 5.74) is 3.66. The van der Waals surface area contributed by atoms with Crippen molar-refractivity contribution in [2.75, 3.05) is 0 Å². The van der Waals surface area contributed by atoms with Gasteiger partial charge >= 0.3 is 0 Å². The lowest BCUT2D eigenvalue weighted by molar-refractivity contribution is 0.101. The molecule has 2 aromatic rings. The Labute approximate surface area is 112 Å². The lowest BCUT2D eigenvalue weighted by Gasteiger charge is -2.14. The number of carbonyl (C=O) groups excluding carboxylic acids is 1. The summed E-state index contributed by atoms with van der Waals surface area (Å²) in [4.78, 5) is 15.7. The van der Waals surface area contributed by atoms with Gasteiger partial charge in [-0.25, -0.2) is 0 Å². The van der Waals surface area contributed by atoms with Crippen molar-refractivity contribution in [1.82, 2.24) is 4.98 Å². The van der Waals surface area contributed by atoms with Crippen LogP contribution in [0.15, 0.2) is 36.1 Å². The Hall–Kier alpha value is -2.03. The minimum absolute atomic E-state index is 0.0677. The molecule has 0 amide bonds. The number of nitrogens with one attached hydrogen (secondary N) is 1. The zero-order chi connectivity index (χ0) is 13.4. The molecule has 1 N–H and O–H groups in total. The van der Waals surface area contributed by atoms with Crippen LogP contribution in [-0.4, -0.2) is 16.9 Å². The fourth-order valence-corrected chi connectivity index (χ4v) is 2.52. The molecule has 1 aromatic carbocycles. The number of carbonyl (C=O) groups is 1. The molecule has 0 bridgehead atoms. The molecule has 0 saturated carbocycles. The predicted octanol–water partition coefficient (Wildman–Crippen LogP) is 3.61. The number of rotatable bonds is 2. The summed E-state index contributed by atoms with van der Waals surface area (Å²) >= 11 is 0. The number of para-hydroxylation sites is 1. The van der Waals surface area contributed by atoms with E-state index in [9.17, 15) is 4.79 Å². The van der Waals surface area contributed by atoms with E-state index in [4.69, 9.17) is 4.74 Å². The van der Waals surface area contributed by atoms with Crippen LogP contribution in [0.5, 0.6) is 0 Å². The molecular formula is C16H17NO2. The number of ether oxygens (including phenoxy) is 1.